The number of fused-ring (bicyclic) bond motifs is 3. The summed E-state index contributed by atoms with van der Waals surface area (Å²) in [5.74, 6) is -8.79. The topological polar surface area (TPSA) is 307 Å². The number of nitrogens with two attached hydrogens (primary N) is 4. The summed E-state index contributed by atoms with van der Waals surface area (Å²) < 4.78 is 5.75. The first kappa shape index (κ1) is 37.3. The van der Waals surface area contributed by atoms with E-state index >= 15 is 4.79 Å². The van der Waals surface area contributed by atoms with E-state index in [0.29, 0.717) is 0 Å². The minimum absolute atomic E-state index is 0.114. The number of phenols is 1. The fraction of sp³-hybridized carbons (Fsp3) is 0.531. The third-order valence-electron chi connectivity index (χ3n) is 8.99. The molecule has 0 spiro atoms. The molecule has 0 unspecified atom stereocenters. The number of carbonyl (C=O) groups is 5. The molecule has 49 heavy (non-hydrogen) atoms. The van der Waals surface area contributed by atoms with Gasteiger partial charge >= 0.3 is 12.0 Å². The Morgan fingerprint density at radius 1 is 1.02 bits per heavy atom. The molecular weight excluding hydrogens is 642 g/mol. The first-order chi connectivity index (χ1) is 22.2. The standard InChI is InChI=1S/C32H45N7O10/c1-28(2,3)11-14(40)49-32-23(44)16(25(34)46)20(43)22(39(7)8)31(32,36)26(47)30(35)17(24(32)45)19(42)15-12(21(30)33)9-10-13(18(15)41)37-27(48)38-29(4,5)6/h9-10,21-22,26,41-42,44,47H,11,33,35-36H2,1-8H3,(H2,34,46)(H2,37,38,48)/t21-,22+,26-,30+,31-,32+/m0/s1. The Kier molecular flexibility index (Phi) is 8.76. The number of nitrogens with one attached hydrogen (secondary N) is 2. The van der Waals surface area contributed by atoms with Crippen molar-refractivity contribution in [2.24, 2.45) is 28.3 Å². The van der Waals surface area contributed by atoms with E-state index in [1.54, 1.807) is 41.5 Å². The number of hydrogen-bond acceptors (Lipinski definition) is 14. The molecule has 1 fully saturated rings. The summed E-state index contributed by atoms with van der Waals surface area (Å²) in [7, 11) is 2.61. The van der Waals surface area contributed by atoms with Crippen molar-refractivity contribution in [2.45, 2.75) is 88.4 Å². The molecule has 17 heteroatoms. The van der Waals surface area contributed by atoms with Gasteiger partial charge in [0.15, 0.2) is 11.5 Å². The molecule has 0 radical (unpaired) electrons. The first-order valence-electron chi connectivity index (χ1n) is 15.3. The van der Waals surface area contributed by atoms with Crippen LogP contribution in [-0.4, -0.2) is 103 Å². The Morgan fingerprint density at radius 2 is 1.59 bits per heavy atom. The van der Waals surface area contributed by atoms with Crippen LogP contribution in [0.2, 0.25) is 0 Å². The second-order valence-electron chi connectivity index (χ2n) is 15.3. The Morgan fingerprint density at radius 3 is 2.08 bits per heavy atom. The lowest BCUT2D eigenvalue weighted by Gasteiger charge is -2.63. The summed E-state index contributed by atoms with van der Waals surface area (Å²) in [6.45, 7) is 10.1. The highest BCUT2D eigenvalue weighted by atomic mass is 16.6. The Bertz CT molecular complexity index is 1740. The second kappa shape index (κ2) is 11.5. The molecule has 0 saturated heterocycles. The maximum atomic E-state index is 15.1. The van der Waals surface area contributed by atoms with Gasteiger partial charge in [-0.2, -0.15) is 0 Å². The summed E-state index contributed by atoms with van der Waals surface area (Å²) in [5.41, 5.74) is 12.7. The zero-order chi connectivity index (χ0) is 37.6. The van der Waals surface area contributed by atoms with Crippen molar-refractivity contribution in [1.29, 1.82) is 0 Å². The van der Waals surface area contributed by atoms with Crippen LogP contribution in [0.4, 0.5) is 10.5 Å². The number of aliphatic hydroxyl groups excluding tert-OH is 3. The van der Waals surface area contributed by atoms with Crippen LogP contribution in [0.15, 0.2) is 29.0 Å². The van der Waals surface area contributed by atoms with E-state index in [-0.39, 0.29) is 11.3 Å². The number of aromatic hydroxyl groups is 1. The Hall–Kier alpha value is -4.55. The van der Waals surface area contributed by atoms with Crippen molar-refractivity contribution in [3.63, 3.8) is 0 Å². The number of hydrogen-bond donors (Lipinski definition) is 10. The summed E-state index contributed by atoms with van der Waals surface area (Å²) in [6, 6.07) is -1.81. The van der Waals surface area contributed by atoms with Gasteiger partial charge in [-0.05, 0) is 51.9 Å². The minimum atomic E-state index is -3.30. The van der Waals surface area contributed by atoms with Gasteiger partial charge in [-0.1, -0.05) is 26.8 Å². The zero-order valence-corrected chi connectivity index (χ0v) is 28.6. The molecule has 0 aromatic heterocycles. The number of carbonyl (C=O) groups excluding carboxylic acids is 5. The number of esters is 1. The molecule has 17 nitrogen and oxygen atoms in total. The van der Waals surface area contributed by atoms with Crippen LogP contribution in [0.25, 0.3) is 5.76 Å². The van der Waals surface area contributed by atoms with E-state index in [9.17, 15) is 39.6 Å². The summed E-state index contributed by atoms with van der Waals surface area (Å²) in [6.07, 6.45) is -2.81. The normalized spacial score (nSPS) is 30.0. The summed E-state index contributed by atoms with van der Waals surface area (Å²) >= 11 is 0. The van der Waals surface area contributed by atoms with E-state index in [2.05, 4.69) is 10.6 Å². The first-order valence-corrected chi connectivity index (χ1v) is 15.3. The molecule has 3 aliphatic rings. The van der Waals surface area contributed by atoms with Gasteiger partial charge in [0.05, 0.1) is 40.9 Å². The number of benzene rings is 1. The van der Waals surface area contributed by atoms with Crippen molar-refractivity contribution in [1.82, 2.24) is 10.2 Å². The van der Waals surface area contributed by atoms with E-state index in [1.807, 2.05) is 0 Å². The van der Waals surface area contributed by atoms with Crippen LogP contribution < -0.4 is 33.6 Å². The third-order valence-corrected chi connectivity index (χ3v) is 8.99. The van der Waals surface area contributed by atoms with Gasteiger partial charge in [-0.25, -0.2) is 4.79 Å². The number of phenolic OH excluding ortho intramolecular Hbond substituents is 1. The van der Waals surface area contributed by atoms with Crippen LogP contribution in [0, 0.1) is 5.41 Å². The number of ketones is 2. The highest BCUT2D eigenvalue weighted by Crippen LogP contribution is 2.58. The molecule has 0 heterocycles. The maximum Gasteiger partial charge on any atom is 0.319 e. The smallest absolute Gasteiger partial charge is 0.319 e. The average molecular weight is 688 g/mol. The molecule has 1 saturated carbocycles. The molecule has 14 N–H and O–H groups in total. The number of anilines is 1. The zero-order valence-electron chi connectivity index (χ0n) is 28.6. The third kappa shape index (κ3) is 5.32. The molecule has 0 aliphatic heterocycles. The highest BCUT2D eigenvalue weighted by molar-refractivity contribution is 6.26. The number of likely N-dealkylation sites (N-methyl/N-ethyl adjacent to an activating group) is 1. The largest absolute Gasteiger partial charge is 0.507 e. The predicted molar refractivity (Wildman–Crippen MR) is 176 cm³/mol. The lowest BCUT2D eigenvalue weighted by molar-refractivity contribution is -0.200. The van der Waals surface area contributed by atoms with Crippen LogP contribution in [0.3, 0.4) is 0 Å². The van der Waals surface area contributed by atoms with E-state index in [4.69, 9.17) is 27.7 Å². The van der Waals surface area contributed by atoms with Crippen LogP contribution in [-0.2, 0) is 23.9 Å². The number of Topliss-reactive ketones (excluding diaryl/α,β-unsaturated/α-hetero) is 2. The van der Waals surface area contributed by atoms with Gasteiger partial charge in [-0.3, -0.25) is 24.1 Å². The molecule has 1 aromatic carbocycles. The van der Waals surface area contributed by atoms with Crippen molar-refractivity contribution < 1.29 is 49.1 Å². The molecule has 3 aliphatic carbocycles. The number of nitrogens with zero attached hydrogens (tertiary/aromatic N) is 1. The second-order valence-corrected chi connectivity index (χ2v) is 15.3. The van der Waals surface area contributed by atoms with E-state index in [0.717, 1.165) is 4.90 Å². The quantitative estimate of drug-likeness (QED) is 0.106. The van der Waals surface area contributed by atoms with Crippen molar-refractivity contribution in [3.8, 4) is 5.75 Å². The van der Waals surface area contributed by atoms with Gasteiger partial charge in [0, 0.05) is 5.54 Å². The van der Waals surface area contributed by atoms with Gasteiger partial charge in [-0.15, -0.1) is 0 Å². The molecule has 1 aromatic rings. The number of primary amides is 1. The average Bonchev–Trinajstić information content (AvgIpc) is 2.91. The predicted octanol–water partition coefficient (Wildman–Crippen LogP) is -0.538. The van der Waals surface area contributed by atoms with Crippen molar-refractivity contribution in [3.05, 3.63) is 40.2 Å². The molecule has 3 amide bonds. The number of urea groups is 1. The Balaban J connectivity index is 2.12. The van der Waals surface area contributed by atoms with Crippen LogP contribution in [0.5, 0.6) is 5.75 Å². The molecular formula is C32H45N7O10. The van der Waals surface area contributed by atoms with Crippen molar-refractivity contribution in [2.75, 3.05) is 19.4 Å². The highest BCUT2D eigenvalue weighted by Gasteiger charge is 2.81. The number of amides is 3. The fourth-order valence-corrected chi connectivity index (χ4v) is 7.05. The maximum absolute atomic E-state index is 15.1. The van der Waals surface area contributed by atoms with E-state index < -0.39 is 116 Å². The van der Waals surface area contributed by atoms with Gasteiger partial charge in [0.25, 0.3) is 11.5 Å². The number of rotatable bonds is 5. The monoisotopic (exact) mass is 687 g/mol. The number of aliphatic hydroxyl groups is 3. The molecule has 6 atom stereocenters. The Labute approximate surface area is 282 Å². The van der Waals surface area contributed by atoms with Crippen molar-refractivity contribution >= 4 is 40.9 Å². The van der Waals surface area contributed by atoms with Gasteiger partial charge in [0.2, 0.25) is 5.78 Å². The minimum Gasteiger partial charge on any atom is -0.507 e. The SMILES string of the molecule is CN(C)[C@@H]1C(=O)C(C(N)=O)=C(O)[C@@]2(OC(=O)CC(C)(C)C)C(=O)C3=C(O)c4c(ccc(NC(=O)NC(C)(C)C)c4O)[C@H](N)[C@@]3(N)[C@H](O)[C@@]12N. The fourth-order valence-electron chi connectivity index (χ4n) is 7.05. The van der Waals surface area contributed by atoms with Crippen LogP contribution >= 0.6 is 0 Å². The van der Waals surface area contributed by atoms with Crippen LogP contribution in [0.1, 0.15) is 65.1 Å². The van der Waals surface area contributed by atoms with Gasteiger partial charge < -0.3 is 58.7 Å². The summed E-state index contributed by atoms with van der Waals surface area (Å²) in [4.78, 5) is 68.9. The molecule has 268 valence electrons. The van der Waals surface area contributed by atoms with E-state index in [1.165, 1.54) is 26.2 Å². The molecule has 0 bridgehead atoms. The lowest BCUT2D eigenvalue weighted by atomic mass is 9.48. The number of ether oxygens (including phenoxy) is 1. The molecule has 4 rings (SSSR count). The van der Waals surface area contributed by atoms with Gasteiger partial charge in [0.1, 0.15) is 28.7 Å². The summed E-state index contributed by atoms with van der Waals surface area (Å²) in [5, 5.41) is 52.3. The lowest BCUT2D eigenvalue weighted by Crippen LogP contribution is -2.91.